The molecular formula is C27H31N7O4S2. The first kappa shape index (κ1) is 26.8. The van der Waals surface area contributed by atoms with Gasteiger partial charge in [-0.3, -0.25) is 14.5 Å². The third-order valence-electron chi connectivity index (χ3n) is 7.75. The fourth-order valence-electron chi connectivity index (χ4n) is 5.37. The van der Waals surface area contributed by atoms with Gasteiger partial charge in [-0.1, -0.05) is 17.4 Å². The molecule has 40 heavy (non-hydrogen) atoms. The zero-order valence-electron chi connectivity index (χ0n) is 22.5. The molecule has 3 aliphatic rings. The van der Waals surface area contributed by atoms with Crippen LogP contribution in [-0.4, -0.2) is 67.8 Å². The maximum Gasteiger partial charge on any atom is 0.256 e. The first-order chi connectivity index (χ1) is 19.2. The van der Waals surface area contributed by atoms with E-state index in [1.54, 1.807) is 28.0 Å². The summed E-state index contributed by atoms with van der Waals surface area (Å²) in [6.45, 7) is 5.83. The first-order valence-corrected chi connectivity index (χ1v) is 15.6. The molecule has 210 valence electrons. The topological polar surface area (TPSA) is 137 Å². The molecule has 0 bridgehead atoms. The SMILES string of the molecule is CNS(=O)(=O)c1cc(-c2sc(Nc3cccc(N4CCNCC4=O)n3)nc2C)cc2c1C(=O)N([C@@H](C)C1CC1)C2. The molecule has 1 saturated heterocycles. The van der Waals surface area contributed by atoms with Crippen LogP contribution in [0.4, 0.5) is 16.8 Å². The number of anilines is 3. The lowest BCUT2D eigenvalue weighted by molar-refractivity contribution is -0.118. The molecule has 1 saturated carbocycles. The van der Waals surface area contributed by atoms with Crippen molar-refractivity contribution in [3.63, 3.8) is 0 Å². The molecule has 0 unspecified atom stereocenters. The summed E-state index contributed by atoms with van der Waals surface area (Å²) < 4.78 is 28.6. The van der Waals surface area contributed by atoms with E-state index in [4.69, 9.17) is 0 Å². The predicted molar refractivity (Wildman–Crippen MR) is 153 cm³/mol. The van der Waals surface area contributed by atoms with Crippen LogP contribution >= 0.6 is 11.3 Å². The van der Waals surface area contributed by atoms with Gasteiger partial charge in [-0.2, -0.15) is 0 Å². The normalized spacial score (nSPS) is 18.3. The van der Waals surface area contributed by atoms with Crippen molar-refractivity contribution in [3.05, 3.63) is 47.2 Å². The number of sulfonamides is 1. The van der Waals surface area contributed by atoms with Crippen molar-refractivity contribution in [3.8, 4) is 10.4 Å². The lowest BCUT2D eigenvalue weighted by Gasteiger charge is -2.26. The van der Waals surface area contributed by atoms with Crippen molar-refractivity contribution in [1.29, 1.82) is 0 Å². The zero-order chi connectivity index (χ0) is 28.2. The summed E-state index contributed by atoms with van der Waals surface area (Å²) in [5.41, 5.74) is 2.38. The number of fused-ring (bicyclic) bond motifs is 1. The van der Waals surface area contributed by atoms with Gasteiger partial charge in [0, 0.05) is 25.7 Å². The van der Waals surface area contributed by atoms with Gasteiger partial charge >= 0.3 is 0 Å². The molecule has 3 aromatic rings. The molecule has 11 nitrogen and oxygen atoms in total. The number of rotatable bonds is 8. The van der Waals surface area contributed by atoms with Gasteiger partial charge in [0.1, 0.15) is 11.6 Å². The summed E-state index contributed by atoms with van der Waals surface area (Å²) in [5.74, 6) is 1.33. The summed E-state index contributed by atoms with van der Waals surface area (Å²) in [7, 11) is -2.54. The molecule has 2 fully saturated rings. The van der Waals surface area contributed by atoms with Crippen molar-refractivity contribution < 1.29 is 18.0 Å². The second-order valence-electron chi connectivity index (χ2n) is 10.4. The van der Waals surface area contributed by atoms with Gasteiger partial charge in [-0.15, -0.1) is 0 Å². The highest BCUT2D eigenvalue weighted by atomic mass is 32.2. The molecule has 3 N–H and O–H groups in total. The van der Waals surface area contributed by atoms with Crippen LogP contribution in [0, 0.1) is 12.8 Å². The number of benzene rings is 1. The molecule has 2 aromatic heterocycles. The van der Waals surface area contributed by atoms with Gasteiger partial charge in [0.2, 0.25) is 15.9 Å². The highest BCUT2D eigenvalue weighted by molar-refractivity contribution is 7.89. The fraction of sp³-hybridized carbons (Fsp3) is 0.407. The molecule has 6 rings (SSSR count). The van der Waals surface area contributed by atoms with Gasteiger partial charge in [-0.25, -0.2) is 23.1 Å². The van der Waals surface area contributed by atoms with E-state index in [-0.39, 0.29) is 34.9 Å². The van der Waals surface area contributed by atoms with Crippen LogP contribution in [0.1, 0.15) is 41.4 Å². The smallest absolute Gasteiger partial charge is 0.256 e. The number of hydrogen-bond donors (Lipinski definition) is 3. The minimum atomic E-state index is -3.89. The van der Waals surface area contributed by atoms with Crippen LogP contribution in [0.5, 0.6) is 0 Å². The van der Waals surface area contributed by atoms with Crippen LogP contribution in [0.2, 0.25) is 0 Å². The Morgan fingerprint density at radius 1 is 1.18 bits per heavy atom. The first-order valence-electron chi connectivity index (χ1n) is 13.3. The Morgan fingerprint density at radius 2 is 1.98 bits per heavy atom. The summed E-state index contributed by atoms with van der Waals surface area (Å²) in [6, 6.07) is 9.00. The molecule has 0 spiro atoms. The number of thiazole rings is 1. The van der Waals surface area contributed by atoms with Gasteiger partial charge in [-0.05, 0) is 75.0 Å². The van der Waals surface area contributed by atoms with Gasteiger partial charge in [0.15, 0.2) is 5.13 Å². The van der Waals surface area contributed by atoms with E-state index in [0.29, 0.717) is 53.4 Å². The Balaban J connectivity index is 1.33. The zero-order valence-corrected chi connectivity index (χ0v) is 24.2. The third kappa shape index (κ3) is 4.87. The van der Waals surface area contributed by atoms with E-state index in [1.165, 1.54) is 18.4 Å². The molecule has 2 amide bonds. The molecular weight excluding hydrogens is 550 g/mol. The molecule has 13 heteroatoms. The van der Waals surface area contributed by atoms with E-state index >= 15 is 0 Å². The number of pyridine rings is 1. The number of aryl methyl sites for hydroxylation is 1. The Morgan fingerprint density at radius 3 is 2.70 bits per heavy atom. The number of carbonyl (C=O) groups excluding carboxylic acids is 2. The average Bonchev–Trinajstić information content (AvgIpc) is 3.66. The molecule has 2 aliphatic heterocycles. The van der Waals surface area contributed by atoms with Crippen molar-refractivity contribution in [1.82, 2.24) is 24.9 Å². The number of carbonyl (C=O) groups is 2. The quantitative estimate of drug-likeness (QED) is 0.370. The molecule has 1 atom stereocenters. The minimum Gasteiger partial charge on any atom is -0.331 e. The van der Waals surface area contributed by atoms with Crippen LogP contribution in [0.25, 0.3) is 10.4 Å². The van der Waals surface area contributed by atoms with Crippen LogP contribution < -0.4 is 20.3 Å². The standard InChI is InChI=1S/C27H31N7O4S2/c1-15-25(39-27(30-15)32-21-5-4-6-22(31-21)33-10-9-29-13-23(33)35)18-11-19-14-34(16(2)17-7-8-17)26(36)24(19)20(12-18)40(37,38)28-3/h4-6,11-12,16-17,28-29H,7-10,13-14H2,1-3H3,(H,30,31,32)/t16-/m0/s1. The van der Waals surface area contributed by atoms with Gasteiger partial charge < -0.3 is 15.5 Å². The van der Waals surface area contributed by atoms with E-state index in [9.17, 15) is 18.0 Å². The fourth-order valence-corrected chi connectivity index (χ4v) is 7.32. The minimum absolute atomic E-state index is 0.00429. The largest absolute Gasteiger partial charge is 0.331 e. The highest BCUT2D eigenvalue weighted by Crippen LogP contribution is 2.42. The number of aromatic nitrogens is 2. The lowest BCUT2D eigenvalue weighted by atomic mass is 10.0. The maximum absolute atomic E-state index is 13.4. The van der Waals surface area contributed by atoms with Crippen LogP contribution in [0.15, 0.2) is 35.2 Å². The molecule has 1 aliphatic carbocycles. The molecule has 1 aromatic carbocycles. The van der Waals surface area contributed by atoms with Crippen molar-refractivity contribution >= 4 is 49.9 Å². The number of piperazine rings is 1. The van der Waals surface area contributed by atoms with Gasteiger partial charge in [0.25, 0.3) is 5.91 Å². The highest BCUT2D eigenvalue weighted by Gasteiger charge is 2.41. The Hall–Kier alpha value is -3.39. The lowest BCUT2D eigenvalue weighted by Crippen LogP contribution is -2.48. The number of amides is 2. The van der Waals surface area contributed by atoms with E-state index in [2.05, 4.69) is 25.3 Å². The number of nitrogens with zero attached hydrogens (tertiary/aromatic N) is 4. The molecule has 4 heterocycles. The summed E-state index contributed by atoms with van der Waals surface area (Å²) in [4.78, 5) is 39.3. The van der Waals surface area contributed by atoms with E-state index in [1.807, 2.05) is 26.0 Å². The Kier molecular flexibility index (Phi) is 6.85. The van der Waals surface area contributed by atoms with Crippen molar-refractivity contribution in [2.45, 2.75) is 44.2 Å². The number of hydrogen-bond acceptors (Lipinski definition) is 9. The Bertz CT molecular complexity index is 1620. The van der Waals surface area contributed by atoms with Crippen molar-refractivity contribution in [2.75, 3.05) is 36.9 Å². The third-order valence-corrected chi connectivity index (χ3v) is 10.3. The second-order valence-corrected chi connectivity index (χ2v) is 13.2. The second kappa shape index (κ2) is 10.2. The summed E-state index contributed by atoms with van der Waals surface area (Å²) in [6.07, 6.45) is 2.18. The van der Waals surface area contributed by atoms with Crippen LogP contribution in [0.3, 0.4) is 0 Å². The summed E-state index contributed by atoms with van der Waals surface area (Å²) in [5, 5.41) is 6.88. The van der Waals surface area contributed by atoms with Crippen molar-refractivity contribution in [2.24, 2.45) is 5.92 Å². The Labute approximate surface area is 237 Å². The number of nitrogens with one attached hydrogen (secondary N) is 3. The summed E-state index contributed by atoms with van der Waals surface area (Å²) >= 11 is 1.38. The molecule has 0 radical (unpaired) electrons. The maximum atomic E-state index is 13.4. The van der Waals surface area contributed by atoms with Crippen LogP contribution in [-0.2, 0) is 21.4 Å². The predicted octanol–water partition coefficient (Wildman–Crippen LogP) is 2.86. The average molecular weight is 582 g/mol. The van der Waals surface area contributed by atoms with E-state index < -0.39 is 10.0 Å². The monoisotopic (exact) mass is 581 g/mol. The van der Waals surface area contributed by atoms with Gasteiger partial charge in [0.05, 0.1) is 27.6 Å². The van der Waals surface area contributed by atoms with E-state index in [0.717, 1.165) is 23.4 Å².